The van der Waals surface area contributed by atoms with Crippen LogP contribution in [0.1, 0.15) is 33.1 Å². The number of hydrogen-bond acceptors (Lipinski definition) is 5. The van der Waals surface area contributed by atoms with Gasteiger partial charge < -0.3 is 19.3 Å². The molecular weight excluding hydrogens is 342 g/mol. The molecule has 2 fully saturated rings. The zero-order valence-corrected chi connectivity index (χ0v) is 16.9. The number of para-hydroxylation sites is 2. The first-order valence-electron chi connectivity index (χ1n) is 10.2. The van der Waals surface area contributed by atoms with Crippen molar-refractivity contribution in [3.63, 3.8) is 0 Å². The van der Waals surface area contributed by atoms with Gasteiger partial charge in [0.05, 0.1) is 19.3 Å². The van der Waals surface area contributed by atoms with E-state index in [-0.39, 0.29) is 18.2 Å². The SMILES string of the molecule is COc1ccccc1N1CCN(CCCCC2CN(C(C)C)C(=O)O2)CC1. The van der Waals surface area contributed by atoms with Crippen molar-refractivity contribution in [2.45, 2.75) is 45.3 Å². The van der Waals surface area contributed by atoms with Gasteiger partial charge in [-0.15, -0.1) is 0 Å². The van der Waals surface area contributed by atoms with Crippen LogP contribution in [-0.4, -0.2) is 74.4 Å². The number of rotatable bonds is 8. The van der Waals surface area contributed by atoms with E-state index in [9.17, 15) is 4.79 Å². The molecule has 0 bridgehead atoms. The van der Waals surface area contributed by atoms with E-state index >= 15 is 0 Å². The van der Waals surface area contributed by atoms with E-state index in [0.29, 0.717) is 0 Å². The quantitative estimate of drug-likeness (QED) is 0.653. The number of methoxy groups -OCH3 is 1. The third kappa shape index (κ3) is 5.06. The Morgan fingerprint density at radius 2 is 1.89 bits per heavy atom. The second-order valence-electron chi connectivity index (χ2n) is 7.75. The van der Waals surface area contributed by atoms with Gasteiger partial charge in [-0.05, 0) is 51.8 Å². The lowest BCUT2D eigenvalue weighted by Crippen LogP contribution is -2.46. The van der Waals surface area contributed by atoms with Crippen molar-refractivity contribution in [3.8, 4) is 5.75 Å². The Hall–Kier alpha value is -1.95. The van der Waals surface area contributed by atoms with Gasteiger partial charge in [-0.3, -0.25) is 4.90 Å². The molecule has 1 aromatic carbocycles. The number of nitrogens with zero attached hydrogens (tertiary/aromatic N) is 3. The fourth-order valence-electron chi connectivity index (χ4n) is 3.92. The van der Waals surface area contributed by atoms with E-state index in [1.54, 1.807) is 7.11 Å². The Labute approximate surface area is 163 Å². The van der Waals surface area contributed by atoms with Crippen LogP contribution >= 0.6 is 0 Å². The molecule has 1 amide bonds. The predicted octanol–water partition coefficient (Wildman–Crippen LogP) is 3.22. The van der Waals surface area contributed by atoms with Crippen LogP contribution in [0.5, 0.6) is 5.75 Å². The Morgan fingerprint density at radius 3 is 2.56 bits per heavy atom. The molecule has 0 aromatic heterocycles. The van der Waals surface area contributed by atoms with Gasteiger partial charge in [0.1, 0.15) is 11.9 Å². The lowest BCUT2D eigenvalue weighted by Gasteiger charge is -2.36. The highest BCUT2D eigenvalue weighted by Gasteiger charge is 2.32. The normalized spacial score (nSPS) is 21.0. The lowest BCUT2D eigenvalue weighted by atomic mass is 10.1. The first-order chi connectivity index (χ1) is 13.1. The third-order valence-corrected chi connectivity index (χ3v) is 5.57. The molecule has 0 N–H and O–H groups in total. The van der Waals surface area contributed by atoms with Gasteiger partial charge in [0.25, 0.3) is 0 Å². The van der Waals surface area contributed by atoms with E-state index < -0.39 is 0 Å². The molecule has 27 heavy (non-hydrogen) atoms. The number of carbonyl (C=O) groups excluding carboxylic acids is 1. The first kappa shape index (κ1) is 19.8. The molecule has 150 valence electrons. The number of cyclic esters (lactones) is 1. The Bertz CT molecular complexity index is 614. The summed E-state index contributed by atoms with van der Waals surface area (Å²) >= 11 is 0. The number of amides is 1. The van der Waals surface area contributed by atoms with Gasteiger partial charge in [-0.25, -0.2) is 4.79 Å². The standard InChI is InChI=1S/C21H33N3O3/c1-17(2)24-16-18(27-21(24)25)8-6-7-11-22-12-14-23(15-13-22)19-9-4-5-10-20(19)26-3/h4-5,9-10,17-18H,6-8,11-16H2,1-3H3. The predicted molar refractivity (Wildman–Crippen MR) is 108 cm³/mol. The summed E-state index contributed by atoms with van der Waals surface area (Å²) in [5, 5.41) is 0. The number of anilines is 1. The van der Waals surface area contributed by atoms with Crippen molar-refractivity contribution in [1.82, 2.24) is 9.80 Å². The maximum absolute atomic E-state index is 11.8. The zero-order chi connectivity index (χ0) is 19.2. The molecule has 1 aromatic rings. The summed E-state index contributed by atoms with van der Waals surface area (Å²) in [6.07, 6.45) is 3.15. The van der Waals surface area contributed by atoms with Crippen LogP contribution in [0, 0.1) is 0 Å². The van der Waals surface area contributed by atoms with Crippen molar-refractivity contribution in [1.29, 1.82) is 0 Å². The van der Waals surface area contributed by atoms with E-state index in [1.165, 1.54) is 5.69 Å². The molecule has 6 heteroatoms. The maximum Gasteiger partial charge on any atom is 0.410 e. The Kier molecular flexibility index (Phi) is 6.83. The molecule has 0 saturated carbocycles. The third-order valence-electron chi connectivity index (χ3n) is 5.57. The largest absolute Gasteiger partial charge is 0.495 e. The zero-order valence-electron chi connectivity index (χ0n) is 16.9. The van der Waals surface area contributed by atoms with Crippen LogP contribution in [0.4, 0.5) is 10.5 Å². The van der Waals surface area contributed by atoms with Gasteiger partial charge in [0.15, 0.2) is 0 Å². The van der Waals surface area contributed by atoms with Gasteiger partial charge >= 0.3 is 6.09 Å². The van der Waals surface area contributed by atoms with Gasteiger partial charge in [0, 0.05) is 32.2 Å². The maximum atomic E-state index is 11.8. The number of hydrogen-bond donors (Lipinski definition) is 0. The molecular formula is C21H33N3O3. The van der Waals surface area contributed by atoms with E-state index in [1.807, 2.05) is 30.9 Å². The van der Waals surface area contributed by atoms with Crippen LogP contribution in [0.25, 0.3) is 0 Å². The molecule has 1 atom stereocenters. The highest BCUT2D eigenvalue weighted by atomic mass is 16.6. The summed E-state index contributed by atoms with van der Waals surface area (Å²) in [6, 6.07) is 8.47. The highest BCUT2D eigenvalue weighted by molar-refractivity contribution is 5.70. The molecule has 0 radical (unpaired) electrons. The van der Waals surface area contributed by atoms with Crippen LogP contribution in [0.15, 0.2) is 24.3 Å². The average molecular weight is 376 g/mol. The summed E-state index contributed by atoms with van der Waals surface area (Å²) in [6.45, 7) is 10.2. The second kappa shape index (κ2) is 9.31. The highest BCUT2D eigenvalue weighted by Crippen LogP contribution is 2.28. The number of piperazine rings is 1. The number of carbonyl (C=O) groups is 1. The minimum atomic E-state index is -0.150. The second-order valence-corrected chi connectivity index (χ2v) is 7.75. The first-order valence-corrected chi connectivity index (χ1v) is 10.2. The summed E-state index contributed by atoms with van der Waals surface area (Å²) < 4.78 is 11.0. The molecule has 6 nitrogen and oxygen atoms in total. The van der Waals surface area contributed by atoms with Crippen LogP contribution < -0.4 is 9.64 Å². The minimum Gasteiger partial charge on any atom is -0.495 e. The molecule has 1 unspecified atom stereocenters. The molecule has 2 aliphatic rings. The lowest BCUT2D eigenvalue weighted by molar-refractivity contribution is 0.124. The number of ether oxygens (including phenoxy) is 2. The molecule has 2 aliphatic heterocycles. The molecule has 0 aliphatic carbocycles. The van der Waals surface area contributed by atoms with E-state index in [2.05, 4.69) is 21.9 Å². The number of benzene rings is 1. The smallest absolute Gasteiger partial charge is 0.410 e. The monoisotopic (exact) mass is 375 g/mol. The molecule has 3 rings (SSSR count). The minimum absolute atomic E-state index is 0.0716. The van der Waals surface area contributed by atoms with Crippen molar-refractivity contribution >= 4 is 11.8 Å². The summed E-state index contributed by atoms with van der Waals surface area (Å²) in [5.74, 6) is 0.951. The molecule has 2 heterocycles. The molecule has 2 saturated heterocycles. The topological polar surface area (TPSA) is 45.2 Å². The fourth-order valence-corrected chi connectivity index (χ4v) is 3.92. The van der Waals surface area contributed by atoms with Crippen LogP contribution in [-0.2, 0) is 4.74 Å². The van der Waals surface area contributed by atoms with Crippen LogP contribution in [0.3, 0.4) is 0 Å². The Morgan fingerprint density at radius 1 is 1.15 bits per heavy atom. The van der Waals surface area contributed by atoms with Gasteiger partial charge in [-0.2, -0.15) is 0 Å². The van der Waals surface area contributed by atoms with Crippen molar-refractivity contribution in [3.05, 3.63) is 24.3 Å². The van der Waals surface area contributed by atoms with E-state index in [0.717, 1.165) is 64.3 Å². The molecule has 0 spiro atoms. The van der Waals surface area contributed by atoms with Crippen LogP contribution in [0.2, 0.25) is 0 Å². The summed E-state index contributed by atoms with van der Waals surface area (Å²) in [7, 11) is 1.73. The van der Waals surface area contributed by atoms with E-state index in [4.69, 9.17) is 9.47 Å². The summed E-state index contributed by atoms with van der Waals surface area (Å²) in [4.78, 5) is 18.5. The van der Waals surface area contributed by atoms with Gasteiger partial charge in [0.2, 0.25) is 0 Å². The van der Waals surface area contributed by atoms with Crippen molar-refractivity contribution in [2.24, 2.45) is 0 Å². The van der Waals surface area contributed by atoms with Crippen molar-refractivity contribution in [2.75, 3.05) is 51.3 Å². The number of unbranched alkanes of at least 4 members (excludes halogenated alkanes) is 1. The fraction of sp³-hybridized carbons (Fsp3) is 0.667. The summed E-state index contributed by atoms with van der Waals surface area (Å²) in [5.41, 5.74) is 1.19. The van der Waals surface area contributed by atoms with Crippen molar-refractivity contribution < 1.29 is 14.3 Å². The average Bonchev–Trinajstić information content (AvgIpc) is 3.06. The Balaban J connectivity index is 1.34. The van der Waals surface area contributed by atoms with Gasteiger partial charge in [-0.1, -0.05) is 12.1 Å².